The van der Waals surface area contributed by atoms with Crippen molar-refractivity contribution >= 4 is 34.4 Å². The molecule has 5 atom stereocenters. The summed E-state index contributed by atoms with van der Waals surface area (Å²) in [5, 5.41) is 34.9. The van der Waals surface area contributed by atoms with Gasteiger partial charge in [0.1, 0.15) is 23.9 Å². The molecule has 3 heterocycles. The van der Waals surface area contributed by atoms with Gasteiger partial charge in [-0.15, -0.1) is 0 Å². The Morgan fingerprint density at radius 2 is 1.47 bits per heavy atom. The monoisotopic (exact) mass is 786 g/mol. The number of hydrogen-bond acceptors (Lipinski definition) is 13. The van der Waals surface area contributed by atoms with Crippen molar-refractivity contribution in [3.05, 3.63) is 77.9 Å². The summed E-state index contributed by atoms with van der Waals surface area (Å²) in [6, 6.07) is 19.7. The number of fused-ring (bicyclic) bond motifs is 1. The molecule has 14 nitrogen and oxygen atoms in total. The maximum Gasteiger partial charge on any atom is 0.339 e. The van der Waals surface area contributed by atoms with Gasteiger partial charge in [-0.05, 0) is 118 Å². The largest absolute Gasteiger partial charge is 0.508 e. The lowest BCUT2D eigenvalue weighted by atomic mass is 9.69. The summed E-state index contributed by atoms with van der Waals surface area (Å²) >= 11 is 0. The van der Waals surface area contributed by atoms with Crippen molar-refractivity contribution in [1.82, 2.24) is 9.47 Å². The van der Waals surface area contributed by atoms with Crippen LogP contribution in [0.15, 0.2) is 66.7 Å². The van der Waals surface area contributed by atoms with Gasteiger partial charge in [0.05, 0.1) is 12.8 Å². The molecule has 0 saturated carbocycles. The number of aromatic nitrogens is 1. The second-order valence-corrected chi connectivity index (χ2v) is 14.7. The van der Waals surface area contributed by atoms with E-state index in [1.54, 1.807) is 24.3 Å². The van der Waals surface area contributed by atoms with E-state index in [-0.39, 0.29) is 11.5 Å². The third kappa shape index (κ3) is 8.13. The minimum Gasteiger partial charge on any atom is -0.508 e. The molecule has 0 unspecified atom stereocenters. The number of rotatable bonds is 13. The van der Waals surface area contributed by atoms with E-state index in [1.165, 1.54) is 37.8 Å². The fraction of sp³-hybridized carbons (Fsp3) is 0.442. The molecule has 0 radical (unpaired) electrons. The number of nitrogens with zero attached hydrogens (tertiary/aromatic N) is 2. The SMILES string of the molecule is COC(=O)[C@H]1O[C@@H](Oc2ccc(-c3c(C)c4cc(O)ccc4n3Cc3ccc(OCCN4CCCCCC4)cc3)cc2)[C@@](O)(C(C)=O)[C@](O)(C(C)=O)[C@@H]1OC(C)=O. The van der Waals surface area contributed by atoms with Crippen LogP contribution in [-0.4, -0.2) is 111 Å². The molecule has 0 spiro atoms. The van der Waals surface area contributed by atoms with Crippen LogP contribution in [0.4, 0.5) is 0 Å². The number of ketones is 2. The molecule has 57 heavy (non-hydrogen) atoms. The third-order valence-electron chi connectivity index (χ3n) is 11.0. The highest BCUT2D eigenvalue weighted by Crippen LogP contribution is 2.43. The number of benzene rings is 3. The zero-order chi connectivity index (χ0) is 41.1. The predicted octanol–water partition coefficient (Wildman–Crippen LogP) is 4.47. The summed E-state index contributed by atoms with van der Waals surface area (Å²) in [6.07, 6.45) is -1.21. The molecular formula is C43H50N2O12. The molecule has 3 N–H and O–H groups in total. The molecule has 14 heteroatoms. The van der Waals surface area contributed by atoms with Crippen LogP contribution in [-0.2, 0) is 39.9 Å². The Kier molecular flexibility index (Phi) is 12.4. The van der Waals surface area contributed by atoms with Gasteiger partial charge in [-0.1, -0.05) is 25.0 Å². The fourth-order valence-electron chi connectivity index (χ4n) is 7.94. The van der Waals surface area contributed by atoms with Crippen molar-refractivity contribution in [3.63, 3.8) is 0 Å². The summed E-state index contributed by atoms with van der Waals surface area (Å²) in [5.74, 6) is -3.57. The number of likely N-dealkylation sites (tertiary alicyclic amines) is 1. The van der Waals surface area contributed by atoms with Crippen LogP contribution < -0.4 is 9.47 Å². The number of aryl methyl sites for hydroxylation is 1. The van der Waals surface area contributed by atoms with Crippen molar-refractivity contribution in [2.24, 2.45) is 0 Å². The lowest BCUT2D eigenvalue weighted by molar-refractivity contribution is -0.327. The smallest absolute Gasteiger partial charge is 0.339 e. The van der Waals surface area contributed by atoms with E-state index in [0.29, 0.717) is 13.2 Å². The van der Waals surface area contributed by atoms with Gasteiger partial charge in [-0.25, -0.2) is 4.79 Å². The Morgan fingerprint density at radius 1 is 0.842 bits per heavy atom. The molecule has 0 aliphatic carbocycles. The molecular weight excluding hydrogens is 736 g/mol. The number of phenols is 1. The van der Waals surface area contributed by atoms with Crippen LogP contribution in [0.25, 0.3) is 22.2 Å². The molecule has 4 aromatic rings. The van der Waals surface area contributed by atoms with Crippen molar-refractivity contribution in [2.75, 3.05) is 33.4 Å². The number of methoxy groups -OCH3 is 1. The second kappa shape index (κ2) is 17.1. The molecule has 2 aliphatic heterocycles. The standard InChI is InChI=1S/C43H50N2O12/c1-26-35-24-32(49)14-19-36(35)45(25-30-10-15-33(16-11-30)54-23-22-44-20-8-6-7-9-21-44)37(26)31-12-17-34(18-13-31)56-41-43(52,28(3)47)42(51,27(2)46)39(55-29(4)48)38(57-41)40(50)53-5/h10-19,24,38-39,41,49,51-52H,6-9,20-23,25H2,1-5H3/t38-,39+,41+,42-,43-/m0/s1. The summed E-state index contributed by atoms with van der Waals surface area (Å²) in [7, 11) is 1.01. The van der Waals surface area contributed by atoms with Crippen LogP contribution in [0, 0.1) is 6.92 Å². The summed E-state index contributed by atoms with van der Waals surface area (Å²) < 4.78 is 29.8. The van der Waals surface area contributed by atoms with E-state index in [4.69, 9.17) is 23.7 Å². The topological polar surface area (TPSA) is 183 Å². The number of hydrogen-bond donors (Lipinski definition) is 3. The summed E-state index contributed by atoms with van der Waals surface area (Å²) in [4.78, 5) is 53.5. The summed E-state index contributed by atoms with van der Waals surface area (Å²) in [6.45, 7) is 8.91. The van der Waals surface area contributed by atoms with Gasteiger partial charge in [0.2, 0.25) is 17.5 Å². The maximum atomic E-state index is 13.1. The van der Waals surface area contributed by atoms with Crippen molar-refractivity contribution < 1.29 is 58.2 Å². The van der Waals surface area contributed by atoms with E-state index in [0.717, 1.165) is 86.6 Å². The zero-order valence-corrected chi connectivity index (χ0v) is 32.9. The molecule has 0 bridgehead atoms. The Hall–Kier alpha value is -5.28. The van der Waals surface area contributed by atoms with E-state index in [1.807, 2.05) is 37.3 Å². The van der Waals surface area contributed by atoms with Crippen LogP contribution in [0.2, 0.25) is 0 Å². The van der Waals surface area contributed by atoms with Gasteiger partial charge < -0.3 is 43.6 Å². The Bertz CT molecular complexity index is 2100. The van der Waals surface area contributed by atoms with Gasteiger partial charge in [-0.3, -0.25) is 19.3 Å². The van der Waals surface area contributed by atoms with Gasteiger partial charge in [-0.2, -0.15) is 0 Å². The molecule has 304 valence electrons. The van der Waals surface area contributed by atoms with Crippen molar-refractivity contribution in [1.29, 1.82) is 0 Å². The van der Waals surface area contributed by atoms with Gasteiger partial charge in [0.15, 0.2) is 23.8 Å². The van der Waals surface area contributed by atoms with Crippen LogP contribution >= 0.6 is 0 Å². The average Bonchev–Trinajstić information content (AvgIpc) is 3.31. The van der Waals surface area contributed by atoms with Gasteiger partial charge in [0, 0.05) is 30.9 Å². The second-order valence-electron chi connectivity index (χ2n) is 14.7. The minimum absolute atomic E-state index is 0.0354. The maximum absolute atomic E-state index is 13.1. The lowest BCUT2D eigenvalue weighted by Gasteiger charge is -2.52. The molecule has 2 saturated heterocycles. The number of Topliss-reactive ketones (excluding diaryl/α,β-unsaturated/α-hetero) is 2. The molecule has 2 fully saturated rings. The van der Waals surface area contributed by atoms with Crippen LogP contribution in [0.5, 0.6) is 17.2 Å². The highest BCUT2D eigenvalue weighted by Gasteiger charge is 2.74. The first-order valence-corrected chi connectivity index (χ1v) is 19.1. The zero-order valence-electron chi connectivity index (χ0n) is 32.9. The number of carbonyl (C=O) groups is 4. The molecule has 1 aromatic heterocycles. The van der Waals surface area contributed by atoms with Crippen LogP contribution in [0.1, 0.15) is 57.6 Å². The number of ether oxygens (including phenoxy) is 5. The van der Waals surface area contributed by atoms with Crippen LogP contribution in [0.3, 0.4) is 0 Å². The lowest BCUT2D eigenvalue weighted by Crippen LogP contribution is -2.81. The molecule has 0 amide bonds. The molecule has 2 aliphatic rings. The Labute approximate surface area is 330 Å². The molecule has 3 aromatic carbocycles. The van der Waals surface area contributed by atoms with E-state index >= 15 is 0 Å². The Balaban J connectivity index is 1.28. The number of carbonyl (C=O) groups excluding carboxylic acids is 4. The number of phenolic OH excluding ortho intramolecular Hbond substituents is 1. The van der Waals surface area contributed by atoms with E-state index < -0.39 is 53.2 Å². The quantitative estimate of drug-likeness (QED) is 0.162. The minimum atomic E-state index is -3.17. The first kappa shape index (κ1) is 41.4. The highest BCUT2D eigenvalue weighted by molar-refractivity contribution is 6.00. The first-order chi connectivity index (χ1) is 27.2. The fourth-order valence-corrected chi connectivity index (χ4v) is 7.94. The number of aliphatic hydroxyl groups is 2. The van der Waals surface area contributed by atoms with Crippen molar-refractivity contribution in [2.45, 2.75) is 89.6 Å². The summed E-state index contributed by atoms with van der Waals surface area (Å²) in [5.41, 5.74) is -1.92. The Morgan fingerprint density at radius 3 is 2.07 bits per heavy atom. The first-order valence-electron chi connectivity index (χ1n) is 19.1. The number of esters is 2. The van der Waals surface area contributed by atoms with Gasteiger partial charge >= 0.3 is 11.9 Å². The average molecular weight is 787 g/mol. The van der Waals surface area contributed by atoms with Crippen molar-refractivity contribution in [3.8, 4) is 28.5 Å². The van der Waals surface area contributed by atoms with Gasteiger partial charge in [0.25, 0.3) is 0 Å². The van der Waals surface area contributed by atoms with E-state index in [9.17, 15) is 34.5 Å². The van der Waals surface area contributed by atoms with E-state index in [2.05, 4.69) is 9.47 Å². The normalized spacial score (nSPS) is 24.0. The third-order valence-corrected chi connectivity index (χ3v) is 11.0. The molecule has 6 rings (SSSR count). The predicted molar refractivity (Wildman–Crippen MR) is 208 cm³/mol. The highest BCUT2D eigenvalue weighted by atomic mass is 16.7. The number of aromatic hydroxyl groups is 1.